The van der Waals surface area contributed by atoms with E-state index in [9.17, 15) is 9.59 Å². The predicted octanol–water partition coefficient (Wildman–Crippen LogP) is -0.796. The average molecular weight is 222 g/mol. The van der Waals surface area contributed by atoms with Gasteiger partial charge >= 0.3 is 0 Å². The van der Waals surface area contributed by atoms with Gasteiger partial charge in [0, 0.05) is 38.3 Å². The Balaban J connectivity index is 1.70. The van der Waals surface area contributed by atoms with E-state index in [4.69, 9.17) is 0 Å². The third-order valence-electron chi connectivity index (χ3n) is 2.56. The lowest BCUT2D eigenvalue weighted by Gasteiger charge is -2.07. The van der Waals surface area contributed by atoms with Gasteiger partial charge in [-0.3, -0.25) is 9.59 Å². The minimum absolute atomic E-state index is 0.0498. The molecule has 6 nitrogen and oxygen atoms in total. The first-order valence-electron chi connectivity index (χ1n) is 5.28. The molecule has 86 valence electrons. The van der Waals surface area contributed by atoms with E-state index in [-0.39, 0.29) is 17.7 Å². The topological polar surface area (TPSA) is 86.9 Å². The van der Waals surface area contributed by atoms with E-state index in [0.29, 0.717) is 25.9 Å². The first-order chi connectivity index (χ1) is 7.75. The van der Waals surface area contributed by atoms with Crippen LogP contribution < -0.4 is 10.6 Å². The molecule has 0 aromatic carbocycles. The van der Waals surface area contributed by atoms with Gasteiger partial charge in [-0.25, -0.2) is 4.98 Å². The maximum Gasteiger partial charge on any atom is 0.225 e. The molecule has 6 heteroatoms. The molecule has 1 fully saturated rings. The lowest BCUT2D eigenvalue weighted by Crippen LogP contribution is -2.33. The van der Waals surface area contributed by atoms with Crippen LogP contribution in [-0.4, -0.2) is 34.9 Å². The minimum Gasteiger partial charge on any atom is -0.355 e. The second-order valence-corrected chi connectivity index (χ2v) is 3.78. The molecule has 1 aliphatic heterocycles. The summed E-state index contributed by atoms with van der Waals surface area (Å²) in [5.74, 6) is 0.515. The maximum absolute atomic E-state index is 11.6. The van der Waals surface area contributed by atoms with Crippen molar-refractivity contribution in [3.8, 4) is 0 Å². The molecule has 0 aliphatic carbocycles. The van der Waals surface area contributed by atoms with E-state index in [1.54, 1.807) is 12.4 Å². The Morgan fingerprint density at radius 3 is 3.12 bits per heavy atom. The highest BCUT2D eigenvalue weighted by Crippen LogP contribution is 2.08. The van der Waals surface area contributed by atoms with Crippen molar-refractivity contribution in [2.75, 3.05) is 13.1 Å². The van der Waals surface area contributed by atoms with E-state index < -0.39 is 0 Å². The second-order valence-electron chi connectivity index (χ2n) is 3.78. The molecular weight excluding hydrogens is 208 g/mol. The summed E-state index contributed by atoms with van der Waals surface area (Å²) in [5.41, 5.74) is 0. The Bertz CT molecular complexity index is 374. The van der Waals surface area contributed by atoms with Crippen LogP contribution in [0, 0.1) is 5.92 Å². The first-order valence-corrected chi connectivity index (χ1v) is 5.28. The summed E-state index contributed by atoms with van der Waals surface area (Å²) < 4.78 is 0. The largest absolute Gasteiger partial charge is 0.355 e. The van der Waals surface area contributed by atoms with Crippen LogP contribution in [0.2, 0.25) is 0 Å². The molecule has 0 radical (unpaired) electrons. The summed E-state index contributed by atoms with van der Waals surface area (Å²) in [6, 6.07) is 0. The molecule has 0 bridgehead atoms. The van der Waals surface area contributed by atoms with Crippen molar-refractivity contribution < 1.29 is 9.59 Å². The van der Waals surface area contributed by atoms with Gasteiger partial charge in [-0.05, 0) is 0 Å². The third-order valence-corrected chi connectivity index (χ3v) is 2.56. The number of carbonyl (C=O) groups excluding carboxylic acids is 2. The fourth-order valence-electron chi connectivity index (χ4n) is 1.67. The van der Waals surface area contributed by atoms with Crippen molar-refractivity contribution in [1.82, 2.24) is 20.6 Å². The number of imidazole rings is 1. The summed E-state index contributed by atoms with van der Waals surface area (Å²) in [7, 11) is 0. The zero-order valence-corrected chi connectivity index (χ0v) is 8.82. The normalized spacial score (nSPS) is 19.5. The summed E-state index contributed by atoms with van der Waals surface area (Å²) >= 11 is 0. The lowest BCUT2D eigenvalue weighted by molar-refractivity contribution is -0.126. The van der Waals surface area contributed by atoms with Gasteiger partial charge < -0.3 is 15.6 Å². The molecular formula is C10H14N4O2. The number of H-pyrrole nitrogens is 1. The van der Waals surface area contributed by atoms with Crippen LogP contribution in [0.5, 0.6) is 0 Å². The number of carbonyl (C=O) groups is 2. The Kier molecular flexibility index (Phi) is 3.19. The van der Waals surface area contributed by atoms with Crippen LogP contribution in [0.15, 0.2) is 12.4 Å². The molecule has 1 unspecified atom stereocenters. The van der Waals surface area contributed by atoms with Crippen LogP contribution in [0.3, 0.4) is 0 Å². The van der Waals surface area contributed by atoms with Crippen molar-refractivity contribution in [2.45, 2.75) is 12.8 Å². The minimum atomic E-state index is -0.218. The number of hydrogen-bond donors (Lipinski definition) is 3. The van der Waals surface area contributed by atoms with E-state index in [1.165, 1.54) is 0 Å². The number of nitrogens with one attached hydrogen (secondary N) is 3. The fourth-order valence-corrected chi connectivity index (χ4v) is 1.67. The van der Waals surface area contributed by atoms with Gasteiger partial charge in [0.15, 0.2) is 0 Å². The summed E-state index contributed by atoms with van der Waals surface area (Å²) in [6.07, 6.45) is 4.40. The Labute approximate surface area is 92.8 Å². The van der Waals surface area contributed by atoms with Crippen molar-refractivity contribution >= 4 is 11.8 Å². The summed E-state index contributed by atoms with van der Waals surface area (Å²) in [5, 5.41) is 5.43. The van der Waals surface area contributed by atoms with Gasteiger partial charge in [-0.2, -0.15) is 0 Å². The highest BCUT2D eigenvalue weighted by molar-refractivity contribution is 5.89. The van der Waals surface area contributed by atoms with Crippen LogP contribution >= 0.6 is 0 Å². The third kappa shape index (κ3) is 2.59. The van der Waals surface area contributed by atoms with E-state index in [2.05, 4.69) is 20.6 Å². The maximum atomic E-state index is 11.6. The zero-order chi connectivity index (χ0) is 11.4. The van der Waals surface area contributed by atoms with Crippen molar-refractivity contribution in [3.63, 3.8) is 0 Å². The second kappa shape index (κ2) is 4.78. The van der Waals surface area contributed by atoms with Crippen LogP contribution in [0.25, 0.3) is 0 Å². The molecule has 2 rings (SSSR count). The number of hydrogen-bond acceptors (Lipinski definition) is 3. The number of aromatic nitrogens is 2. The SMILES string of the molecule is O=C1CC(C(=O)NCCc2ncc[nH]2)CN1. The summed E-state index contributed by atoms with van der Waals surface area (Å²) in [6.45, 7) is 0.989. The van der Waals surface area contributed by atoms with Crippen LogP contribution in [0.4, 0.5) is 0 Å². The number of rotatable bonds is 4. The molecule has 1 aromatic rings. The number of amides is 2. The highest BCUT2D eigenvalue weighted by Gasteiger charge is 2.27. The first kappa shape index (κ1) is 10.7. The highest BCUT2D eigenvalue weighted by atomic mass is 16.2. The predicted molar refractivity (Wildman–Crippen MR) is 56.4 cm³/mol. The lowest BCUT2D eigenvalue weighted by atomic mass is 10.1. The molecule has 1 aromatic heterocycles. The van der Waals surface area contributed by atoms with Gasteiger partial charge in [0.25, 0.3) is 0 Å². The standard InChI is InChI=1S/C10H14N4O2/c15-9-5-7(6-14-9)10(16)13-2-1-8-11-3-4-12-8/h3-4,7H,1-2,5-6H2,(H,11,12)(H,13,16)(H,14,15). The molecule has 0 saturated carbocycles. The Hall–Kier alpha value is -1.85. The van der Waals surface area contributed by atoms with Crippen molar-refractivity contribution in [3.05, 3.63) is 18.2 Å². The van der Waals surface area contributed by atoms with E-state index >= 15 is 0 Å². The number of aromatic amines is 1. The zero-order valence-electron chi connectivity index (χ0n) is 8.82. The Morgan fingerprint density at radius 2 is 2.50 bits per heavy atom. The van der Waals surface area contributed by atoms with E-state index in [1.807, 2.05) is 0 Å². The van der Waals surface area contributed by atoms with Gasteiger partial charge in [0.1, 0.15) is 5.82 Å². The molecule has 3 N–H and O–H groups in total. The number of nitrogens with zero attached hydrogens (tertiary/aromatic N) is 1. The molecule has 1 aliphatic rings. The fraction of sp³-hybridized carbons (Fsp3) is 0.500. The van der Waals surface area contributed by atoms with Crippen LogP contribution in [-0.2, 0) is 16.0 Å². The summed E-state index contributed by atoms with van der Waals surface area (Å²) in [4.78, 5) is 29.5. The molecule has 0 spiro atoms. The van der Waals surface area contributed by atoms with Gasteiger partial charge in [0.2, 0.25) is 11.8 Å². The van der Waals surface area contributed by atoms with Gasteiger partial charge in [-0.1, -0.05) is 0 Å². The van der Waals surface area contributed by atoms with Gasteiger partial charge in [-0.15, -0.1) is 0 Å². The van der Waals surface area contributed by atoms with Crippen molar-refractivity contribution in [2.24, 2.45) is 5.92 Å². The quantitative estimate of drug-likeness (QED) is 0.623. The van der Waals surface area contributed by atoms with Crippen molar-refractivity contribution in [1.29, 1.82) is 0 Å². The smallest absolute Gasteiger partial charge is 0.225 e. The molecule has 16 heavy (non-hydrogen) atoms. The molecule has 1 saturated heterocycles. The van der Waals surface area contributed by atoms with E-state index in [0.717, 1.165) is 5.82 Å². The monoisotopic (exact) mass is 222 g/mol. The van der Waals surface area contributed by atoms with Crippen LogP contribution in [0.1, 0.15) is 12.2 Å². The molecule has 1 atom stereocenters. The Morgan fingerprint density at radius 1 is 1.62 bits per heavy atom. The molecule has 2 amide bonds. The average Bonchev–Trinajstić information content (AvgIpc) is 2.89. The van der Waals surface area contributed by atoms with Gasteiger partial charge in [0.05, 0.1) is 5.92 Å². The molecule has 2 heterocycles.